The molecule has 2 aliphatic rings. The monoisotopic (exact) mass is 391 g/mol. The van der Waals surface area contributed by atoms with Crippen LogP contribution >= 0.6 is 11.3 Å². The number of para-hydroxylation sites is 1. The molecule has 0 bridgehead atoms. The Morgan fingerprint density at radius 1 is 1.07 bits per heavy atom. The van der Waals surface area contributed by atoms with E-state index in [1.807, 2.05) is 47.4 Å². The molecule has 1 atom stereocenters. The van der Waals surface area contributed by atoms with Crippen LogP contribution in [0.15, 0.2) is 48.5 Å². The lowest BCUT2D eigenvalue weighted by Crippen LogP contribution is -2.31. The van der Waals surface area contributed by atoms with Gasteiger partial charge in [-0.3, -0.25) is 9.59 Å². The lowest BCUT2D eigenvalue weighted by molar-refractivity contribution is -0.117. The van der Waals surface area contributed by atoms with Gasteiger partial charge in [0, 0.05) is 30.8 Å². The second-order valence-electron chi connectivity index (χ2n) is 7.38. The minimum atomic E-state index is 0.0234. The Morgan fingerprint density at radius 2 is 1.96 bits per heavy atom. The molecule has 2 aliphatic heterocycles. The average molecular weight is 391 g/mol. The molecule has 142 valence electrons. The second kappa shape index (κ2) is 7.02. The molecular formula is C22H21N3O2S. The van der Waals surface area contributed by atoms with Crippen molar-refractivity contribution < 1.29 is 9.59 Å². The maximum absolute atomic E-state index is 13.3. The molecule has 1 aromatic heterocycles. The van der Waals surface area contributed by atoms with Gasteiger partial charge in [0.2, 0.25) is 5.91 Å². The van der Waals surface area contributed by atoms with Gasteiger partial charge in [0.15, 0.2) is 0 Å². The number of rotatable bonds is 3. The number of nitrogens with zero attached hydrogens (tertiary/aromatic N) is 3. The molecule has 3 aromatic rings. The molecule has 5 nitrogen and oxygen atoms in total. The SMILES string of the molecule is O=C1CCCN1c1cccc(C(=O)N2CCC[C@H]2c2nc3ccccc3s2)c1. The van der Waals surface area contributed by atoms with Gasteiger partial charge in [-0.1, -0.05) is 18.2 Å². The summed E-state index contributed by atoms with van der Waals surface area (Å²) in [7, 11) is 0. The number of thiazole rings is 1. The molecule has 3 heterocycles. The van der Waals surface area contributed by atoms with Gasteiger partial charge < -0.3 is 9.80 Å². The maximum Gasteiger partial charge on any atom is 0.254 e. The van der Waals surface area contributed by atoms with Gasteiger partial charge in [-0.05, 0) is 49.6 Å². The van der Waals surface area contributed by atoms with Crippen LogP contribution in [0.2, 0.25) is 0 Å². The van der Waals surface area contributed by atoms with Gasteiger partial charge in [0.05, 0.1) is 16.3 Å². The van der Waals surface area contributed by atoms with Crippen molar-refractivity contribution in [3.8, 4) is 0 Å². The van der Waals surface area contributed by atoms with Crippen molar-refractivity contribution >= 4 is 39.1 Å². The van der Waals surface area contributed by atoms with Gasteiger partial charge in [-0.15, -0.1) is 11.3 Å². The molecule has 0 aliphatic carbocycles. The van der Waals surface area contributed by atoms with Crippen molar-refractivity contribution in [3.05, 3.63) is 59.1 Å². The van der Waals surface area contributed by atoms with E-state index in [0.29, 0.717) is 12.0 Å². The highest BCUT2D eigenvalue weighted by Crippen LogP contribution is 2.37. The number of anilines is 1. The Hall–Kier alpha value is -2.73. The highest BCUT2D eigenvalue weighted by Gasteiger charge is 2.33. The number of carbonyl (C=O) groups excluding carboxylic acids is 2. The maximum atomic E-state index is 13.3. The number of hydrogen-bond acceptors (Lipinski definition) is 4. The van der Waals surface area contributed by atoms with E-state index >= 15 is 0 Å². The molecule has 2 fully saturated rings. The summed E-state index contributed by atoms with van der Waals surface area (Å²) in [6.45, 7) is 1.47. The first-order valence-corrected chi connectivity index (χ1v) is 10.6. The Kier molecular flexibility index (Phi) is 4.36. The molecule has 0 saturated carbocycles. The Labute approximate surface area is 167 Å². The van der Waals surface area contributed by atoms with Crippen molar-refractivity contribution in [1.29, 1.82) is 0 Å². The van der Waals surface area contributed by atoms with E-state index in [1.54, 1.807) is 16.2 Å². The molecule has 28 heavy (non-hydrogen) atoms. The zero-order valence-electron chi connectivity index (χ0n) is 15.5. The van der Waals surface area contributed by atoms with E-state index in [0.717, 1.165) is 53.3 Å². The smallest absolute Gasteiger partial charge is 0.254 e. The fraction of sp³-hybridized carbons (Fsp3) is 0.318. The van der Waals surface area contributed by atoms with Crippen LogP contribution in [-0.2, 0) is 4.79 Å². The van der Waals surface area contributed by atoms with E-state index in [-0.39, 0.29) is 17.9 Å². The van der Waals surface area contributed by atoms with E-state index < -0.39 is 0 Å². The van der Waals surface area contributed by atoms with Crippen LogP contribution in [0.4, 0.5) is 5.69 Å². The standard InChI is InChI=1S/C22H21N3O2S/c26-20-11-5-12-24(20)16-7-3-6-15(14-16)22(27)25-13-4-9-18(25)21-23-17-8-1-2-10-19(17)28-21/h1-3,6-8,10,14,18H,4-5,9,11-13H2/t18-/m0/s1. The summed E-state index contributed by atoms with van der Waals surface area (Å²) in [4.78, 5) is 33.9. The van der Waals surface area contributed by atoms with Crippen molar-refractivity contribution in [2.45, 2.75) is 31.7 Å². The topological polar surface area (TPSA) is 53.5 Å². The third-order valence-corrected chi connectivity index (χ3v) is 6.72. The molecule has 5 rings (SSSR count). The van der Waals surface area contributed by atoms with E-state index in [2.05, 4.69) is 6.07 Å². The zero-order valence-corrected chi connectivity index (χ0v) is 16.3. The third-order valence-electron chi connectivity index (χ3n) is 5.59. The molecule has 6 heteroatoms. The van der Waals surface area contributed by atoms with Crippen LogP contribution in [-0.4, -0.2) is 34.8 Å². The first-order chi connectivity index (χ1) is 13.7. The second-order valence-corrected chi connectivity index (χ2v) is 8.44. The van der Waals surface area contributed by atoms with Gasteiger partial charge in [-0.25, -0.2) is 4.98 Å². The first-order valence-electron chi connectivity index (χ1n) is 9.77. The first kappa shape index (κ1) is 17.4. The van der Waals surface area contributed by atoms with Gasteiger partial charge in [0.25, 0.3) is 5.91 Å². The summed E-state index contributed by atoms with van der Waals surface area (Å²) in [6, 6.07) is 15.6. The Balaban J connectivity index is 1.43. The summed E-state index contributed by atoms with van der Waals surface area (Å²) in [5, 5.41) is 1.01. The highest BCUT2D eigenvalue weighted by atomic mass is 32.1. The van der Waals surface area contributed by atoms with Gasteiger partial charge >= 0.3 is 0 Å². The summed E-state index contributed by atoms with van der Waals surface area (Å²) < 4.78 is 1.16. The fourth-order valence-electron chi connectivity index (χ4n) is 4.19. The van der Waals surface area contributed by atoms with Gasteiger partial charge in [-0.2, -0.15) is 0 Å². The van der Waals surface area contributed by atoms with Crippen LogP contribution in [0.5, 0.6) is 0 Å². The molecule has 2 saturated heterocycles. The molecular weight excluding hydrogens is 370 g/mol. The summed E-state index contributed by atoms with van der Waals surface area (Å²) in [5.74, 6) is 0.161. The lowest BCUT2D eigenvalue weighted by atomic mass is 10.1. The number of amides is 2. The minimum Gasteiger partial charge on any atom is -0.329 e. The molecule has 2 amide bonds. The van der Waals surface area contributed by atoms with E-state index in [4.69, 9.17) is 4.98 Å². The van der Waals surface area contributed by atoms with Crippen LogP contribution in [0.25, 0.3) is 10.2 Å². The Morgan fingerprint density at radius 3 is 2.79 bits per heavy atom. The predicted octanol–water partition coefficient (Wildman–Crippen LogP) is 4.40. The van der Waals surface area contributed by atoms with Crippen molar-refractivity contribution in [2.24, 2.45) is 0 Å². The van der Waals surface area contributed by atoms with E-state index in [1.165, 1.54) is 0 Å². The Bertz CT molecular complexity index is 1030. The normalized spacial score (nSPS) is 19.7. The summed E-state index contributed by atoms with van der Waals surface area (Å²) >= 11 is 1.68. The number of carbonyl (C=O) groups is 2. The predicted molar refractivity (Wildman–Crippen MR) is 111 cm³/mol. The zero-order chi connectivity index (χ0) is 19.1. The molecule has 0 spiro atoms. The minimum absolute atomic E-state index is 0.0234. The van der Waals surface area contributed by atoms with Crippen LogP contribution in [0.1, 0.15) is 47.1 Å². The van der Waals surface area contributed by atoms with Gasteiger partial charge in [0.1, 0.15) is 5.01 Å². The number of hydrogen-bond donors (Lipinski definition) is 0. The number of fused-ring (bicyclic) bond motifs is 1. The average Bonchev–Trinajstić information content (AvgIpc) is 3.45. The molecule has 2 aromatic carbocycles. The van der Waals surface area contributed by atoms with Crippen LogP contribution < -0.4 is 4.90 Å². The van der Waals surface area contributed by atoms with Crippen molar-refractivity contribution in [3.63, 3.8) is 0 Å². The summed E-state index contributed by atoms with van der Waals surface area (Å²) in [6.07, 6.45) is 3.39. The fourth-order valence-corrected chi connectivity index (χ4v) is 5.31. The number of aromatic nitrogens is 1. The van der Waals surface area contributed by atoms with Crippen molar-refractivity contribution in [2.75, 3.05) is 18.0 Å². The van der Waals surface area contributed by atoms with Crippen LogP contribution in [0.3, 0.4) is 0 Å². The molecule has 0 N–H and O–H groups in total. The highest BCUT2D eigenvalue weighted by molar-refractivity contribution is 7.18. The van der Waals surface area contributed by atoms with E-state index in [9.17, 15) is 9.59 Å². The summed E-state index contributed by atoms with van der Waals surface area (Å²) in [5.41, 5.74) is 2.46. The quantitative estimate of drug-likeness (QED) is 0.665. The van der Waals surface area contributed by atoms with Crippen molar-refractivity contribution in [1.82, 2.24) is 9.88 Å². The molecule has 0 radical (unpaired) electrons. The molecule has 0 unspecified atom stereocenters. The largest absolute Gasteiger partial charge is 0.329 e. The number of likely N-dealkylation sites (tertiary alicyclic amines) is 1. The third kappa shape index (κ3) is 2.98. The van der Waals surface area contributed by atoms with Crippen LogP contribution in [0, 0.1) is 0 Å². The lowest BCUT2D eigenvalue weighted by Gasteiger charge is -2.24. The number of benzene rings is 2.